The van der Waals surface area contributed by atoms with Crippen LogP contribution >= 0.6 is 0 Å². The van der Waals surface area contributed by atoms with Crippen LogP contribution in [0.25, 0.3) is 0 Å². The molecule has 0 saturated carbocycles. The van der Waals surface area contributed by atoms with Gasteiger partial charge in [0.1, 0.15) is 5.75 Å². The molecular weight excluding hydrogens is 292 g/mol. The van der Waals surface area contributed by atoms with Crippen LogP contribution < -0.4 is 15.4 Å². The van der Waals surface area contributed by atoms with Gasteiger partial charge in [-0.1, -0.05) is 26.0 Å². The number of ether oxygens (including phenoxy) is 2. The highest BCUT2D eigenvalue weighted by Gasteiger charge is 2.09. The Morgan fingerprint density at radius 3 is 2.48 bits per heavy atom. The summed E-state index contributed by atoms with van der Waals surface area (Å²) >= 11 is 0. The third-order valence-corrected chi connectivity index (χ3v) is 3.24. The predicted octanol–water partition coefficient (Wildman–Crippen LogP) is 3.51. The first-order chi connectivity index (χ1) is 11.0. The second kappa shape index (κ2) is 10.9. The van der Waals surface area contributed by atoms with E-state index in [4.69, 9.17) is 9.47 Å². The average Bonchev–Trinajstić information content (AvgIpc) is 2.51. The minimum absolute atomic E-state index is 0.0529. The van der Waals surface area contributed by atoms with Crippen LogP contribution in [0.1, 0.15) is 45.7 Å². The average molecular weight is 322 g/mol. The van der Waals surface area contributed by atoms with Gasteiger partial charge in [0.05, 0.1) is 12.6 Å². The molecule has 1 unspecified atom stereocenters. The SMILES string of the molecule is CCOc1ccc(C(C)NC(=O)NCCCOCC(C)C)cc1. The monoisotopic (exact) mass is 322 g/mol. The fourth-order valence-electron chi connectivity index (χ4n) is 2.05. The summed E-state index contributed by atoms with van der Waals surface area (Å²) in [7, 11) is 0. The standard InChI is InChI=1S/C18H30N2O3/c1-5-23-17-9-7-16(8-10-17)15(4)20-18(21)19-11-6-12-22-13-14(2)3/h7-10,14-15H,5-6,11-13H2,1-4H3,(H2,19,20,21). The van der Waals surface area contributed by atoms with Gasteiger partial charge in [0.15, 0.2) is 0 Å². The molecule has 0 aromatic heterocycles. The van der Waals surface area contributed by atoms with E-state index in [0.29, 0.717) is 25.7 Å². The second-order valence-electron chi connectivity index (χ2n) is 5.95. The zero-order valence-electron chi connectivity index (χ0n) is 14.7. The molecule has 0 spiro atoms. The van der Waals surface area contributed by atoms with Crippen molar-refractivity contribution in [2.75, 3.05) is 26.4 Å². The van der Waals surface area contributed by atoms with Gasteiger partial charge in [0.25, 0.3) is 0 Å². The summed E-state index contributed by atoms with van der Waals surface area (Å²) in [4.78, 5) is 11.8. The molecule has 0 radical (unpaired) electrons. The highest BCUT2D eigenvalue weighted by molar-refractivity contribution is 5.74. The number of rotatable bonds is 10. The molecule has 5 heteroatoms. The van der Waals surface area contributed by atoms with Crippen molar-refractivity contribution < 1.29 is 14.3 Å². The van der Waals surface area contributed by atoms with E-state index < -0.39 is 0 Å². The number of benzene rings is 1. The first kappa shape index (κ1) is 19.3. The molecule has 0 fully saturated rings. The Kier molecular flexibility index (Phi) is 9.14. The molecule has 0 aliphatic carbocycles. The number of carbonyl (C=O) groups excluding carboxylic acids is 1. The van der Waals surface area contributed by atoms with E-state index in [0.717, 1.165) is 24.3 Å². The minimum atomic E-state index is -0.157. The number of amides is 2. The van der Waals surface area contributed by atoms with Gasteiger partial charge in [-0.25, -0.2) is 4.79 Å². The lowest BCUT2D eigenvalue weighted by Crippen LogP contribution is -2.37. The van der Waals surface area contributed by atoms with Crippen molar-refractivity contribution in [2.24, 2.45) is 5.92 Å². The number of hydrogen-bond acceptors (Lipinski definition) is 3. The Morgan fingerprint density at radius 1 is 1.17 bits per heavy atom. The van der Waals surface area contributed by atoms with Crippen LogP contribution in [-0.4, -0.2) is 32.4 Å². The van der Waals surface area contributed by atoms with Crippen LogP contribution in [0.5, 0.6) is 5.75 Å². The lowest BCUT2D eigenvalue weighted by atomic mass is 10.1. The van der Waals surface area contributed by atoms with E-state index in [1.807, 2.05) is 38.1 Å². The molecule has 0 aliphatic heterocycles. The molecule has 0 saturated heterocycles. The van der Waals surface area contributed by atoms with Crippen molar-refractivity contribution in [3.05, 3.63) is 29.8 Å². The van der Waals surface area contributed by atoms with Crippen LogP contribution in [-0.2, 0) is 4.74 Å². The van der Waals surface area contributed by atoms with Crippen molar-refractivity contribution in [1.82, 2.24) is 10.6 Å². The lowest BCUT2D eigenvalue weighted by molar-refractivity contribution is 0.108. The predicted molar refractivity (Wildman–Crippen MR) is 92.8 cm³/mol. The summed E-state index contributed by atoms with van der Waals surface area (Å²) in [6.07, 6.45) is 0.817. The topological polar surface area (TPSA) is 59.6 Å². The Balaban J connectivity index is 2.22. The number of carbonyl (C=O) groups is 1. The number of nitrogens with one attached hydrogen (secondary N) is 2. The maximum Gasteiger partial charge on any atom is 0.315 e. The van der Waals surface area contributed by atoms with Crippen LogP contribution in [0.2, 0.25) is 0 Å². The molecule has 0 aliphatic rings. The molecular formula is C18H30N2O3. The summed E-state index contributed by atoms with van der Waals surface area (Å²) in [5.41, 5.74) is 1.05. The van der Waals surface area contributed by atoms with Crippen LogP contribution in [0.4, 0.5) is 4.79 Å². The third kappa shape index (κ3) is 8.45. The van der Waals surface area contributed by atoms with Gasteiger partial charge in [0.2, 0.25) is 0 Å². The van der Waals surface area contributed by atoms with E-state index in [9.17, 15) is 4.79 Å². The van der Waals surface area contributed by atoms with Gasteiger partial charge in [-0.3, -0.25) is 0 Å². The van der Waals surface area contributed by atoms with E-state index in [2.05, 4.69) is 24.5 Å². The Hall–Kier alpha value is -1.75. The maximum absolute atomic E-state index is 11.8. The zero-order valence-corrected chi connectivity index (χ0v) is 14.7. The van der Waals surface area contributed by atoms with Gasteiger partial charge in [-0.2, -0.15) is 0 Å². The molecule has 5 nitrogen and oxygen atoms in total. The fraction of sp³-hybridized carbons (Fsp3) is 0.611. The molecule has 0 heterocycles. The van der Waals surface area contributed by atoms with Gasteiger partial charge >= 0.3 is 6.03 Å². The molecule has 0 bridgehead atoms. The Bertz CT molecular complexity index is 446. The molecule has 23 heavy (non-hydrogen) atoms. The van der Waals surface area contributed by atoms with Crippen LogP contribution in [0, 0.1) is 5.92 Å². The van der Waals surface area contributed by atoms with Crippen molar-refractivity contribution in [3.63, 3.8) is 0 Å². The molecule has 2 amide bonds. The van der Waals surface area contributed by atoms with E-state index in [1.165, 1.54) is 0 Å². The summed E-state index contributed by atoms with van der Waals surface area (Å²) in [5, 5.41) is 5.77. The van der Waals surface area contributed by atoms with E-state index >= 15 is 0 Å². The fourth-order valence-corrected chi connectivity index (χ4v) is 2.05. The smallest absolute Gasteiger partial charge is 0.315 e. The zero-order chi connectivity index (χ0) is 17.1. The van der Waals surface area contributed by atoms with Gasteiger partial charge in [-0.15, -0.1) is 0 Å². The molecule has 1 aromatic rings. The van der Waals surface area contributed by atoms with Gasteiger partial charge in [-0.05, 0) is 43.9 Å². The summed E-state index contributed by atoms with van der Waals surface area (Å²) in [6.45, 7) is 10.9. The number of hydrogen-bond donors (Lipinski definition) is 2. The van der Waals surface area contributed by atoms with Gasteiger partial charge < -0.3 is 20.1 Å². The largest absolute Gasteiger partial charge is 0.494 e. The molecule has 1 rings (SSSR count). The van der Waals surface area contributed by atoms with Crippen LogP contribution in [0.3, 0.4) is 0 Å². The van der Waals surface area contributed by atoms with Crippen molar-refractivity contribution in [2.45, 2.75) is 40.2 Å². The quantitative estimate of drug-likeness (QED) is 0.648. The molecule has 1 atom stereocenters. The summed E-state index contributed by atoms with van der Waals surface area (Å²) < 4.78 is 10.9. The Labute approximate surface area is 139 Å². The number of urea groups is 1. The van der Waals surface area contributed by atoms with E-state index in [1.54, 1.807) is 0 Å². The van der Waals surface area contributed by atoms with E-state index in [-0.39, 0.29) is 12.1 Å². The summed E-state index contributed by atoms with van der Waals surface area (Å²) in [5.74, 6) is 1.38. The second-order valence-corrected chi connectivity index (χ2v) is 5.95. The minimum Gasteiger partial charge on any atom is -0.494 e. The lowest BCUT2D eigenvalue weighted by Gasteiger charge is -2.15. The highest BCUT2D eigenvalue weighted by atomic mass is 16.5. The third-order valence-electron chi connectivity index (χ3n) is 3.24. The highest BCUT2D eigenvalue weighted by Crippen LogP contribution is 2.17. The Morgan fingerprint density at radius 2 is 1.87 bits per heavy atom. The molecule has 130 valence electrons. The van der Waals surface area contributed by atoms with Crippen molar-refractivity contribution in [1.29, 1.82) is 0 Å². The molecule has 1 aromatic carbocycles. The first-order valence-electron chi connectivity index (χ1n) is 8.37. The normalized spacial score (nSPS) is 12.0. The first-order valence-corrected chi connectivity index (χ1v) is 8.37. The van der Waals surface area contributed by atoms with Crippen LogP contribution in [0.15, 0.2) is 24.3 Å². The van der Waals surface area contributed by atoms with Gasteiger partial charge in [0, 0.05) is 19.8 Å². The van der Waals surface area contributed by atoms with Crippen molar-refractivity contribution in [3.8, 4) is 5.75 Å². The van der Waals surface area contributed by atoms with Crippen molar-refractivity contribution >= 4 is 6.03 Å². The summed E-state index contributed by atoms with van der Waals surface area (Å²) in [6, 6.07) is 7.56. The maximum atomic E-state index is 11.8. The molecule has 2 N–H and O–H groups in total.